The number of ether oxygens (including phenoxy) is 1. The van der Waals surface area contributed by atoms with Gasteiger partial charge in [0.25, 0.3) is 0 Å². The lowest BCUT2D eigenvalue weighted by Gasteiger charge is -2.31. The first-order valence-corrected chi connectivity index (χ1v) is 6.25. The molecule has 1 aromatic carbocycles. The molecule has 104 valence electrons. The zero-order valence-corrected chi connectivity index (χ0v) is 10.9. The largest absolute Gasteiger partial charge is 0.397 e. The average molecular weight is 267 g/mol. The molecular formula is C13H18FN3O2. The van der Waals surface area contributed by atoms with Gasteiger partial charge in [-0.05, 0) is 25.1 Å². The van der Waals surface area contributed by atoms with Crippen molar-refractivity contribution in [2.75, 3.05) is 37.4 Å². The van der Waals surface area contributed by atoms with Crippen LogP contribution in [0.3, 0.4) is 0 Å². The van der Waals surface area contributed by atoms with E-state index in [1.54, 1.807) is 0 Å². The molecular weight excluding hydrogens is 249 g/mol. The number of nitrogen functional groups attached to an aromatic ring is 1. The van der Waals surface area contributed by atoms with E-state index in [1.165, 1.54) is 18.2 Å². The van der Waals surface area contributed by atoms with Crippen molar-refractivity contribution in [1.82, 2.24) is 4.90 Å². The smallest absolute Gasteiger partial charge is 0.241 e. The maximum Gasteiger partial charge on any atom is 0.241 e. The number of nitrogens with one attached hydrogen (secondary N) is 1. The summed E-state index contributed by atoms with van der Waals surface area (Å²) in [6.45, 7) is 4.50. The van der Waals surface area contributed by atoms with Crippen LogP contribution in [0.25, 0.3) is 0 Å². The van der Waals surface area contributed by atoms with Crippen LogP contribution in [-0.4, -0.2) is 43.2 Å². The molecule has 1 heterocycles. The van der Waals surface area contributed by atoms with Crippen molar-refractivity contribution < 1.29 is 13.9 Å². The quantitative estimate of drug-likeness (QED) is 0.804. The molecule has 1 aliphatic heterocycles. The fourth-order valence-corrected chi connectivity index (χ4v) is 2.00. The van der Waals surface area contributed by atoms with Crippen LogP contribution in [0, 0.1) is 5.82 Å². The van der Waals surface area contributed by atoms with E-state index in [4.69, 9.17) is 10.5 Å². The van der Waals surface area contributed by atoms with Gasteiger partial charge in [-0.15, -0.1) is 0 Å². The van der Waals surface area contributed by atoms with Crippen LogP contribution in [0.4, 0.5) is 15.8 Å². The van der Waals surface area contributed by atoms with Crippen molar-refractivity contribution in [3.63, 3.8) is 0 Å². The summed E-state index contributed by atoms with van der Waals surface area (Å²) in [7, 11) is 0. The van der Waals surface area contributed by atoms with E-state index in [0.717, 1.165) is 0 Å². The summed E-state index contributed by atoms with van der Waals surface area (Å²) in [4.78, 5) is 14.1. The van der Waals surface area contributed by atoms with Crippen molar-refractivity contribution in [2.45, 2.75) is 13.0 Å². The molecule has 0 aromatic heterocycles. The number of rotatable bonds is 3. The number of hydrogen-bond acceptors (Lipinski definition) is 4. The minimum atomic E-state index is -0.427. The predicted molar refractivity (Wildman–Crippen MR) is 71.3 cm³/mol. The van der Waals surface area contributed by atoms with Gasteiger partial charge in [0, 0.05) is 13.1 Å². The Bertz CT molecular complexity index is 461. The summed E-state index contributed by atoms with van der Waals surface area (Å²) in [6, 6.07) is 3.62. The number of carbonyl (C=O) groups is 1. The molecule has 0 spiro atoms. The lowest BCUT2D eigenvalue weighted by molar-refractivity contribution is -0.122. The second-order valence-corrected chi connectivity index (χ2v) is 4.55. The maximum absolute atomic E-state index is 13.1. The first-order valence-electron chi connectivity index (χ1n) is 6.25. The highest BCUT2D eigenvalue weighted by atomic mass is 19.1. The summed E-state index contributed by atoms with van der Waals surface area (Å²) in [5.74, 6) is -0.622. The zero-order valence-electron chi connectivity index (χ0n) is 10.9. The molecule has 1 aromatic rings. The van der Waals surface area contributed by atoms with E-state index in [9.17, 15) is 9.18 Å². The van der Waals surface area contributed by atoms with Gasteiger partial charge in [0.1, 0.15) is 5.82 Å². The van der Waals surface area contributed by atoms with Crippen LogP contribution in [-0.2, 0) is 9.53 Å². The Morgan fingerprint density at radius 2 is 2.16 bits per heavy atom. The molecule has 1 aliphatic rings. The number of anilines is 2. The molecule has 0 bridgehead atoms. The normalized spacial score (nSPS) is 18.0. The Balaban J connectivity index is 2.01. The fourth-order valence-electron chi connectivity index (χ4n) is 2.00. The molecule has 1 amide bonds. The van der Waals surface area contributed by atoms with Crippen LogP contribution in [0.5, 0.6) is 0 Å². The number of amides is 1. The monoisotopic (exact) mass is 267 g/mol. The molecule has 6 heteroatoms. The lowest BCUT2D eigenvalue weighted by atomic mass is 10.2. The van der Waals surface area contributed by atoms with Crippen LogP contribution >= 0.6 is 0 Å². The van der Waals surface area contributed by atoms with Crippen LogP contribution < -0.4 is 11.1 Å². The summed E-state index contributed by atoms with van der Waals surface area (Å²) in [6.07, 6.45) is 0. The molecule has 3 N–H and O–H groups in total. The Labute approximate surface area is 111 Å². The van der Waals surface area contributed by atoms with Crippen LogP contribution in [0.2, 0.25) is 0 Å². The van der Waals surface area contributed by atoms with E-state index in [-0.39, 0.29) is 11.9 Å². The highest BCUT2D eigenvalue weighted by Crippen LogP contribution is 2.20. The number of carbonyl (C=O) groups excluding carboxylic acids is 1. The molecule has 2 rings (SSSR count). The molecule has 1 saturated heterocycles. The number of morpholine rings is 1. The van der Waals surface area contributed by atoms with Crippen molar-refractivity contribution in [3.8, 4) is 0 Å². The number of hydrogen-bond donors (Lipinski definition) is 2. The second-order valence-electron chi connectivity index (χ2n) is 4.55. The summed E-state index contributed by atoms with van der Waals surface area (Å²) < 4.78 is 18.4. The van der Waals surface area contributed by atoms with Crippen LogP contribution in [0.15, 0.2) is 18.2 Å². The van der Waals surface area contributed by atoms with E-state index < -0.39 is 5.82 Å². The Kier molecular flexibility index (Phi) is 4.34. The third-order valence-electron chi connectivity index (χ3n) is 3.25. The van der Waals surface area contributed by atoms with Gasteiger partial charge >= 0.3 is 0 Å². The minimum absolute atomic E-state index is 0.195. The van der Waals surface area contributed by atoms with E-state index in [1.807, 2.05) is 11.8 Å². The van der Waals surface area contributed by atoms with Crippen molar-refractivity contribution in [1.29, 1.82) is 0 Å². The Morgan fingerprint density at radius 3 is 2.84 bits per heavy atom. The molecule has 0 aliphatic carbocycles. The first kappa shape index (κ1) is 13.8. The molecule has 1 unspecified atom stereocenters. The molecule has 0 radical (unpaired) electrons. The third kappa shape index (κ3) is 3.42. The number of benzene rings is 1. The van der Waals surface area contributed by atoms with E-state index in [2.05, 4.69) is 5.32 Å². The SMILES string of the molecule is CC(C(=O)Nc1cc(F)ccc1N)N1CCOCC1. The van der Waals surface area contributed by atoms with Gasteiger partial charge in [-0.25, -0.2) is 4.39 Å². The van der Waals surface area contributed by atoms with Crippen molar-refractivity contribution in [2.24, 2.45) is 0 Å². The van der Waals surface area contributed by atoms with Gasteiger partial charge in [-0.1, -0.05) is 0 Å². The highest BCUT2D eigenvalue weighted by molar-refractivity contribution is 5.97. The van der Waals surface area contributed by atoms with Gasteiger partial charge in [0.2, 0.25) is 5.91 Å². The van der Waals surface area contributed by atoms with Crippen LogP contribution in [0.1, 0.15) is 6.92 Å². The third-order valence-corrected chi connectivity index (χ3v) is 3.25. The molecule has 0 saturated carbocycles. The summed E-state index contributed by atoms with van der Waals surface area (Å²) in [5, 5.41) is 2.66. The fraction of sp³-hybridized carbons (Fsp3) is 0.462. The Morgan fingerprint density at radius 1 is 1.47 bits per heavy atom. The zero-order chi connectivity index (χ0) is 13.8. The second kappa shape index (κ2) is 5.99. The van der Waals surface area contributed by atoms with Gasteiger partial charge in [-0.2, -0.15) is 0 Å². The van der Waals surface area contributed by atoms with Gasteiger partial charge < -0.3 is 15.8 Å². The number of halogens is 1. The highest BCUT2D eigenvalue weighted by Gasteiger charge is 2.23. The van der Waals surface area contributed by atoms with Gasteiger partial charge in [-0.3, -0.25) is 9.69 Å². The maximum atomic E-state index is 13.1. The van der Waals surface area contributed by atoms with E-state index >= 15 is 0 Å². The lowest BCUT2D eigenvalue weighted by Crippen LogP contribution is -2.47. The van der Waals surface area contributed by atoms with Crippen molar-refractivity contribution >= 4 is 17.3 Å². The molecule has 5 nitrogen and oxygen atoms in total. The van der Waals surface area contributed by atoms with Crippen molar-refractivity contribution in [3.05, 3.63) is 24.0 Å². The standard InChI is InChI=1S/C13H18FN3O2/c1-9(17-4-6-19-7-5-17)13(18)16-12-8-10(14)2-3-11(12)15/h2-3,8-9H,4-7,15H2,1H3,(H,16,18). The molecule has 1 atom stereocenters. The van der Waals surface area contributed by atoms with Gasteiger partial charge in [0.05, 0.1) is 30.6 Å². The van der Waals surface area contributed by atoms with E-state index in [0.29, 0.717) is 37.7 Å². The average Bonchev–Trinajstić information content (AvgIpc) is 2.43. The minimum Gasteiger partial charge on any atom is -0.397 e. The van der Waals surface area contributed by atoms with Gasteiger partial charge in [0.15, 0.2) is 0 Å². The first-order chi connectivity index (χ1) is 9.08. The number of nitrogens with two attached hydrogens (primary N) is 1. The predicted octanol–water partition coefficient (Wildman–Crippen LogP) is 1.07. The molecule has 1 fully saturated rings. The summed E-state index contributed by atoms with van der Waals surface area (Å²) in [5.41, 5.74) is 6.36. The topological polar surface area (TPSA) is 67.6 Å². The molecule has 19 heavy (non-hydrogen) atoms. The number of nitrogens with zero attached hydrogens (tertiary/aromatic N) is 1. The summed E-state index contributed by atoms with van der Waals surface area (Å²) >= 11 is 0. The Hall–Kier alpha value is -1.66.